The zero-order chi connectivity index (χ0) is 39.5. The predicted molar refractivity (Wildman–Crippen MR) is 222 cm³/mol. The van der Waals surface area contributed by atoms with Gasteiger partial charge in [0.05, 0.1) is 12.7 Å². The van der Waals surface area contributed by atoms with Crippen LogP contribution in [-0.4, -0.2) is 59.2 Å². The Hall–Kier alpha value is -7.48. The molecule has 8 aromatic rings. The number of nitriles is 2. The van der Waals surface area contributed by atoms with E-state index in [0.717, 1.165) is 25.9 Å². The summed E-state index contributed by atoms with van der Waals surface area (Å²) in [6.45, 7) is 1.96. The summed E-state index contributed by atoms with van der Waals surface area (Å²) < 4.78 is 7.84. The topological polar surface area (TPSA) is 179 Å². The maximum absolute atomic E-state index is 9.53. The van der Waals surface area contributed by atoms with Gasteiger partial charge in [-0.25, -0.2) is 9.97 Å². The van der Waals surface area contributed by atoms with Crippen LogP contribution >= 0.6 is 0 Å². The van der Waals surface area contributed by atoms with E-state index in [1.54, 1.807) is 12.7 Å². The van der Waals surface area contributed by atoms with E-state index in [9.17, 15) is 5.26 Å². The van der Waals surface area contributed by atoms with E-state index in [2.05, 4.69) is 100 Å². The molecule has 1 aliphatic heterocycles. The first-order chi connectivity index (χ1) is 28.7. The molecular weight excluding hydrogens is 725 g/mol. The fraction of sp³-hybridized carbons (Fsp3) is 0.200. The van der Waals surface area contributed by atoms with E-state index in [-0.39, 0.29) is 29.7 Å². The van der Waals surface area contributed by atoms with Crippen molar-refractivity contribution in [2.45, 2.75) is 37.3 Å². The second-order valence-electron chi connectivity index (χ2n) is 13.8. The molecule has 0 radical (unpaired) electrons. The molecule has 1 atom stereocenters. The summed E-state index contributed by atoms with van der Waals surface area (Å²) in [5, 5.41) is 25.5. The van der Waals surface area contributed by atoms with Crippen molar-refractivity contribution in [2.24, 2.45) is 0 Å². The van der Waals surface area contributed by atoms with Crippen LogP contribution in [0.1, 0.15) is 71.2 Å². The number of H-pyrrole nitrogens is 1. The minimum Gasteiger partial charge on any atom is -0.367 e. The van der Waals surface area contributed by atoms with Gasteiger partial charge in [0.25, 0.3) is 0 Å². The van der Waals surface area contributed by atoms with E-state index < -0.39 is 0 Å². The minimum atomic E-state index is -0.107. The Balaban J connectivity index is 0.000000165. The maximum atomic E-state index is 9.53. The molecule has 5 heterocycles. The summed E-state index contributed by atoms with van der Waals surface area (Å²) in [6, 6.07) is 45.5. The van der Waals surface area contributed by atoms with Crippen molar-refractivity contribution >= 4 is 34.0 Å². The molecule has 0 aliphatic carbocycles. The number of anilines is 2. The first kappa shape index (κ1) is 37.4. The lowest BCUT2D eigenvalue weighted by Crippen LogP contribution is -2.18. The zero-order valence-corrected chi connectivity index (χ0v) is 31.6. The third-order valence-electron chi connectivity index (χ3n) is 10.1. The lowest BCUT2D eigenvalue weighted by Gasteiger charge is -2.23. The highest BCUT2D eigenvalue weighted by Gasteiger charge is 2.23. The number of benzene rings is 4. The number of fused-ring (bicyclic) bond motifs is 2. The Morgan fingerprint density at radius 2 is 1.17 bits per heavy atom. The van der Waals surface area contributed by atoms with Gasteiger partial charge in [0.15, 0.2) is 28.4 Å². The summed E-state index contributed by atoms with van der Waals surface area (Å²) >= 11 is 0. The lowest BCUT2D eigenvalue weighted by molar-refractivity contribution is -0.0298. The van der Waals surface area contributed by atoms with Crippen LogP contribution in [0.3, 0.4) is 0 Å². The number of rotatable bonds is 11. The van der Waals surface area contributed by atoms with E-state index in [4.69, 9.17) is 10.00 Å². The standard InChI is InChI=1S/C25H24N6O.C20H16N6/c26-15-21-29-24(23-25(30-21)31(17-28-23)22-13-7-8-14-32-22)27-16-20(18-9-3-1-4-10-18)19-11-5-2-6-12-19;21-11-17-25-19(18-20(26-17)24-13-23-18)22-12-16(14-7-3-1-4-8-14)15-9-5-2-6-10-15/h1-6,9-12,17,20,22H,7-8,13-14,16H2,(H,27,29,30);1-10,13,16H,12H2,(H2,22,23,24,25,26). The van der Waals surface area contributed by atoms with Crippen molar-refractivity contribution in [3.05, 3.63) is 168 Å². The molecule has 1 aliphatic rings. The SMILES string of the molecule is N#Cc1nc(NCC(c2ccccc2)c2ccccc2)c2[nH]cnc2n1.N#Cc1nc(NCC(c2ccccc2)c2ccccc2)c2ncn(C3CCCCO3)c2n1. The number of aromatic nitrogens is 8. The second kappa shape index (κ2) is 18.0. The van der Waals surface area contributed by atoms with E-state index in [1.165, 1.54) is 22.3 Å². The van der Waals surface area contributed by atoms with Crippen LogP contribution in [-0.2, 0) is 4.74 Å². The summed E-state index contributed by atoms with van der Waals surface area (Å²) in [4.78, 5) is 29.0. The Kier molecular flexibility index (Phi) is 11.6. The van der Waals surface area contributed by atoms with Gasteiger partial charge in [-0.05, 0) is 41.5 Å². The van der Waals surface area contributed by atoms with E-state index >= 15 is 0 Å². The van der Waals surface area contributed by atoms with Gasteiger partial charge in [0.1, 0.15) is 23.9 Å². The molecule has 58 heavy (non-hydrogen) atoms. The van der Waals surface area contributed by atoms with Crippen LogP contribution in [0.2, 0.25) is 0 Å². The van der Waals surface area contributed by atoms with Crippen LogP contribution < -0.4 is 10.6 Å². The Bertz CT molecular complexity index is 2570. The van der Waals surface area contributed by atoms with Crippen molar-refractivity contribution < 1.29 is 4.74 Å². The minimum absolute atomic E-state index is 0.100. The molecule has 1 unspecified atom stereocenters. The summed E-state index contributed by atoms with van der Waals surface area (Å²) in [5.41, 5.74) is 7.29. The van der Waals surface area contributed by atoms with Crippen LogP contribution in [0, 0.1) is 22.7 Å². The van der Waals surface area contributed by atoms with Crippen LogP contribution in [0.15, 0.2) is 134 Å². The highest BCUT2D eigenvalue weighted by atomic mass is 16.5. The molecule has 13 heteroatoms. The molecule has 286 valence electrons. The lowest BCUT2D eigenvalue weighted by atomic mass is 9.91. The highest BCUT2D eigenvalue weighted by molar-refractivity contribution is 5.84. The molecule has 4 aromatic heterocycles. The number of hydrogen-bond donors (Lipinski definition) is 3. The van der Waals surface area contributed by atoms with Crippen molar-refractivity contribution in [3.8, 4) is 12.1 Å². The van der Waals surface area contributed by atoms with Crippen molar-refractivity contribution in [2.75, 3.05) is 30.3 Å². The largest absolute Gasteiger partial charge is 0.367 e. The number of nitrogens with one attached hydrogen (secondary N) is 3. The third kappa shape index (κ3) is 8.50. The van der Waals surface area contributed by atoms with Crippen molar-refractivity contribution in [3.63, 3.8) is 0 Å². The van der Waals surface area contributed by atoms with Gasteiger partial charge in [-0.15, -0.1) is 0 Å². The molecule has 9 rings (SSSR count). The quantitative estimate of drug-likeness (QED) is 0.116. The molecule has 0 amide bonds. The van der Waals surface area contributed by atoms with Crippen LogP contribution in [0.4, 0.5) is 11.6 Å². The summed E-state index contributed by atoms with van der Waals surface area (Å²) in [5.74, 6) is 1.64. The average molecular weight is 765 g/mol. The number of ether oxygens (including phenoxy) is 1. The first-order valence-corrected chi connectivity index (χ1v) is 19.2. The van der Waals surface area contributed by atoms with E-state index in [0.29, 0.717) is 47.1 Å². The molecule has 0 spiro atoms. The third-order valence-corrected chi connectivity index (χ3v) is 10.1. The molecule has 0 saturated carbocycles. The smallest absolute Gasteiger partial charge is 0.236 e. The highest BCUT2D eigenvalue weighted by Crippen LogP contribution is 2.30. The van der Waals surface area contributed by atoms with Gasteiger partial charge in [-0.1, -0.05) is 121 Å². The predicted octanol–water partition coefficient (Wildman–Crippen LogP) is 8.11. The maximum Gasteiger partial charge on any atom is 0.236 e. The number of nitrogens with zero attached hydrogens (tertiary/aromatic N) is 9. The summed E-state index contributed by atoms with van der Waals surface area (Å²) in [7, 11) is 0. The molecular formula is C45H40N12O. The fourth-order valence-corrected chi connectivity index (χ4v) is 7.25. The molecule has 1 fully saturated rings. The van der Waals surface area contributed by atoms with Crippen LogP contribution in [0.25, 0.3) is 22.3 Å². The number of aromatic amines is 1. The van der Waals surface area contributed by atoms with Gasteiger partial charge >= 0.3 is 0 Å². The molecule has 0 bridgehead atoms. The molecule has 4 aromatic carbocycles. The van der Waals surface area contributed by atoms with Crippen LogP contribution in [0.5, 0.6) is 0 Å². The molecule has 13 nitrogen and oxygen atoms in total. The second-order valence-corrected chi connectivity index (χ2v) is 13.8. The number of hydrogen-bond acceptors (Lipinski definition) is 11. The summed E-state index contributed by atoms with van der Waals surface area (Å²) in [6.07, 6.45) is 6.26. The Labute approximate surface area is 335 Å². The monoisotopic (exact) mass is 764 g/mol. The van der Waals surface area contributed by atoms with Gasteiger partial charge < -0.3 is 20.4 Å². The average Bonchev–Trinajstić information content (AvgIpc) is 3.96. The van der Waals surface area contributed by atoms with Gasteiger partial charge in [0, 0.05) is 31.5 Å². The fourth-order valence-electron chi connectivity index (χ4n) is 7.25. The van der Waals surface area contributed by atoms with Gasteiger partial charge in [-0.3, -0.25) is 4.57 Å². The normalized spacial score (nSPS) is 13.8. The zero-order valence-electron chi connectivity index (χ0n) is 31.6. The molecule has 1 saturated heterocycles. The Morgan fingerprint density at radius 3 is 1.69 bits per heavy atom. The number of imidazole rings is 2. The molecule has 3 N–H and O–H groups in total. The Morgan fingerprint density at radius 1 is 0.655 bits per heavy atom. The van der Waals surface area contributed by atoms with Gasteiger partial charge in [-0.2, -0.15) is 30.5 Å². The van der Waals surface area contributed by atoms with E-state index in [1.807, 2.05) is 83.4 Å². The van der Waals surface area contributed by atoms with Gasteiger partial charge in [0.2, 0.25) is 11.6 Å². The first-order valence-electron chi connectivity index (χ1n) is 19.2. The van der Waals surface area contributed by atoms with Crippen molar-refractivity contribution in [1.29, 1.82) is 10.5 Å². The van der Waals surface area contributed by atoms with Crippen molar-refractivity contribution in [1.82, 2.24) is 39.5 Å².